The van der Waals surface area contributed by atoms with Gasteiger partial charge in [0, 0.05) is 17.1 Å². The van der Waals surface area contributed by atoms with Gasteiger partial charge in [0.1, 0.15) is 6.04 Å². The third-order valence-electron chi connectivity index (χ3n) is 7.32. The fourth-order valence-electron chi connectivity index (χ4n) is 4.87. The maximum absolute atomic E-state index is 13.1. The van der Waals surface area contributed by atoms with Gasteiger partial charge in [0.25, 0.3) is 5.91 Å². The van der Waals surface area contributed by atoms with E-state index in [1.165, 1.54) is 24.2 Å². The number of hydrogen-bond acceptors (Lipinski definition) is 5. The molecule has 6 nitrogen and oxygen atoms in total. The van der Waals surface area contributed by atoms with Crippen LogP contribution in [0.25, 0.3) is 0 Å². The first-order valence-electron chi connectivity index (χ1n) is 12.4. The first kappa shape index (κ1) is 25.0. The van der Waals surface area contributed by atoms with E-state index in [1.54, 1.807) is 6.20 Å². The van der Waals surface area contributed by atoms with E-state index in [2.05, 4.69) is 27.9 Å². The maximum Gasteiger partial charge on any atom is 0.262 e. The molecule has 4 atom stereocenters. The number of thiophene rings is 1. The number of rotatable bonds is 9. The van der Waals surface area contributed by atoms with Crippen molar-refractivity contribution in [2.24, 2.45) is 11.8 Å². The van der Waals surface area contributed by atoms with Crippen molar-refractivity contribution < 1.29 is 9.59 Å². The third-order valence-corrected chi connectivity index (χ3v) is 8.79. The molecule has 2 amide bonds. The van der Waals surface area contributed by atoms with Crippen molar-refractivity contribution >= 4 is 40.4 Å². The van der Waals surface area contributed by atoms with E-state index < -0.39 is 6.04 Å². The van der Waals surface area contributed by atoms with E-state index in [0.29, 0.717) is 21.7 Å². The first-order chi connectivity index (χ1) is 16.3. The molecule has 0 radical (unpaired) electrons. The highest BCUT2D eigenvalue weighted by atomic mass is 35.5. The number of carbonyl (C=O) groups excluding carboxylic acids is 2. The molecule has 34 heavy (non-hydrogen) atoms. The summed E-state index contributed by atoms with van der Waals surface area (Å²) in [5.74, 6) is 0.808. The summed E-state index contributed by atoms with van der Waals surface area (Å²) < 4.78 is 0. The average Bonchev–Trinajstić information content (AvgIpc) is 3.50. The Morgan fingerprint density at radius 1 is 1.21 bits per heavy atom. The van der Waals surface area contributed by atoms with Gasteiger partial charge in [-0.25, -0.2) is 0 Å². The minimum atomic E-state index is -0.482. The van der Waals surface area contributed by atoms with Gasteiger partial charge in [-0.3, -0.25) is 14.6 Å². The van der Waals surface area contributed by atoms with Crippen molar-refractivity contribution in [2.45, 2.75) is 83.8 Å². The summed E-state index contributed by atoms with van der Waals surface area (Å²) in [6.45, 7) is 6.14. The van der Waals surface area contributed by atoms with Crippen molar-refractivity contribution in [1.82, 2.24) is 15.6 Å². The summed E-state index contributed by atoms with van der Waals surface area (Å²) in [5, 5.41) is 10.3. The molecule has 184 valence electrons. The van der Waals surface area contributed by atoms with Crippen molar-refractivity contribution in [2.75, 3.05) is 5.32 Å². The molecular weight excluding hydrogens is 468 g/mol. The fraction of sp³-hybridized carbons (Fsp3) is 0.577. The molecule has 2 heterocycles. The van der Waals surface area contributed by atoms with Crippen LogP contribution in [0, 0.1) is 18.8 Å². The Labute approximate surface area is 211 Å². The fourth-order valence-corrected chi connectivity index (χ4v) is 5.94. The molecule has 3 N–H and O–H groups in total. The van der Waals surface area contributed by atoms with Gasteiger partial charge in [-0.15, -0.1) is 11.3 Å². The molecule has 4 rings (SSSR count). The third kappa shape index (κ3) is 6.11. The lowest BCUT2D eigenvalue weighted by molar-refractivity contribution is -0.125. The van der Waals surface area contributed by atoms with E-state index in [1.807, 2.05) is 32.0 Å². The predicted molar refractivity (Wildman–Crippen MR) is 138 cm³/mol. The van der Waals surface area contributed by atoms with E-state index in [-0.39, 0.29) is 23.9 Å². The Balaban J connectivity index is 1.40. The van der Waals surface area contributed by atoms with Gasteiger partial charge in [0.15, 0.2) is 0 Å². The number of amides is 2. The second-order valence-electron chi connectivity index (χ2n) is 9.94. The van der Waals surface area contributed by atoms with Gasteiger partial charge < -0.3 is 16.0 Å². The molecule has 0 aromatic carbocycles. The summed E-state index contributed by atoms with van der Waals surface area (Å²) in [7, 11) is 0. The zero-order valence-electron chi connectivity index (χ0n) is 20.2. The second kappa shape index (κ2) is 11.1. The number of halogens is 1. The predicted octanol–water partition coefficient (Wildman–Crippen LogP) is 5.87. The van der Waals surface area contributed by atoms with E-state index in [9.17, 15) is 9.59 Å². The van der Waals surface area contributed by atoms with Crippen LogP contribution in [-0.4, -0.2) is 28.9 Å². The molecule has 0 bridgehead atoms. The SMILES string of the molecule is Cc1ncc(Cl)cc1NC(C)c1ccc(C(=O)NC(CC2CCCC2)C(=O)NC2CCC2C)s1. The molecule has 8 heteroatoms. The minimum Gasteiger partial charge on any atom is -0.376 e. The normalized spacial score (nSPS) is 22.0. The van der Waals surface area contributed by atoms with Gasteiger partial charge in [-0.2, -0.15) is 0 Å². The molecule has 0 spiro atoms. The number of nitrogens with one attached hydrogen (secondary N) is 3. The Kier molecular flexibility index (Phi) is 8.14. The zero-order valence-corrected chi connectivity index (χ0v) is 21.8. The monoisotopic (exact) mass is 502 g/mol. The van der Waals surface area contributed by atoms with Crippen LogP contribution >= 0.6 is 22.9 Å². The summed E-state index contributed by atoms with van der Waals surface area (Å²) in [6.07, 6.45) is 9.24. The summed E-state index contributed by atoms with van der Waals surface area (Å²) in [4.78, 5) is 32.1. The second-order valence-corrected chi connectivity index (χ2v) is 11.5. The van der Waals surface area contributed by atoms with Crippen LogP contribution in [0.5, 0.6) is 0 Å². The molecule has 2 aliphatic rings. The topological polar surface area (TPSA) is 83.1 Å². The number of carbonyl (C=O) groups is 2. The van der Waals surface area contributed by atoms with Crippen molar-refractivity contribution in [3.8, 4) is 0 Å². The quantitative estimate of drug-likeness (QED) is 0.400. The van der Waals surface area contributed by atoms with Gasteiger partial charge in [0.2, 0.25) is 5.91 Å². The highest BCUT2D eigenvalue weighted by molar-refractivity contribution is 7.14. The molecule has 0 saturated heterocycles. The number of hydrogen-bond donors (Lipinski definition) is 3. The van der Waals surface area contributed by atoms with Crippen LogP contribution in [0.1, 0.15) is 85.1 Å². The number of nitrogens with zero attached hydrogens (tertiary/aromatic N) is 1. The smallest absolute Gasteiger partial charge is 0.262 e. The Morgan fingerprint density at radius 3 is 2.65 bits per heavy atom. The Morgan fingerprint density at radius 2 is 1.97 bits per heavy atom. The van der Waals surface area contributed by atoms with Crippen LogP contribution in [0.2, 0.25) is 5.02 Å². The Bertz CT molecular complexity index is 1020. The highest BCUT2D eigenvalue weighted by Gasteiger charge is 2.33. The Hall–Kier alpha value is -2.12. The van der Waals surface area contributed by atoms with Gasteiger partial charge in [-0.05, 0) is 63.1 Å². The molecule has 2 saturated carbocycles. The number of anilines is 1. The van der Waals surface area contributed by atoms with Crippen molar-refractivity contribution in [3.05, 3.63) is 44.9 Å². The molecule has 4 unspecified atom stereocenters. The first-order valence-corrected chi connectivity index (χ1v) is 13.6. The summed E-state index contributed by atoms with van der Waals surface area (Å²) >= 11 is 7.54. The van der Waals surface area contributed by atoms with Gasteiger partial charge in [0.05, 0.1) is 27.3 Å². The van der Waals surface area contributed by atoms with Crippen molar-refractivity contribution in [1.29, 1.82) is 0 Å². The zero-order chi connectivity index (χ0) is 24.2. The largest absolute Gasteiger partial charge is 0.376 e. The maximum atomic E-state index is 13.1. The van der Waals surface area contributed by atoms with E-state index in [4.69, 9.17) is 11.6 Å². The van der Waals surface area contributed by atoms with Crippen LogP contribution in [0.15, 0.2) is 24.4 Å². The van der Waals surface area contributed by atoms with Crippen LogP contribution in [-0.2, 0) is 4.79 Å². The summed E-state index contributed by atoms with van der Waals surface area (Å²) in [5.41, 5.74) is 1.74. The lowest BCUT2D eigenvalue weighted by Crippen LogP contribution is -2.54. The molecule has 2 aromatic heterocycles. The lowest BCUT2D eigenvalue weighted by atomic mass is 9.81. The highest BCUT2D eigenvalue weighted by Crippen LogP contribution is 2.31. The lowest BCUT2D eigenvalue weighted by Gasteiger charge is -2.35. The molecule has 2 aromatic rings. The molecule has 2 aliphatic carbocycles. The van der Waals surface area contributed by atoms with Gasteiger partial charge in [-0.1, -0.05) is 44.2 Å². The number of aryl methyl sites for hydroxylation is 1. The number of pyridine rings is 1. The van der Waals surface area contributed by atoms with Crippen LogP contribution < -0.4 is 16.0 Å². The van der Waals surface area contributed by atoms with Crippen LogP contribution in [0.4, 0.5) is 5.69 Å². The average molecular weight is 503 g/mol. The van der Waals surface area contributed by atoms with E-state index >= 15 is 0 Å². The van der Waals surface area contributed by atoms with Crippen LogP contribution in [0.3, 0.4) is 0 Å². The molecular formula is C26H35ClN4O2S. The van der Waals surface area contributed by atoms with E-state index in [0.717, 1.165) is 48.4 Å². The molecule has 2 fully saturated rings. The number of aromatic nitrogens is 1. The molecule has 0 aliphatic heterocycles. The standard InChI is InChI=1S/C26H35ClN4O2S/c1-15-8-9-20(15)30-25(32)22(12-18-6-4-5-7-18)31-26(33)24-11-10-23(34-24)17(3)29-21-13-19(27)14-28-16(21)2/h10-11,13-15,17-18,20,22,29H,4-9,12H2,1-3H3,(H,30,32)(H,31,33). The van der Waals surface area contributed by atoms with Crippen molar-refractivity contribution in [3.63, 3.8) is 0 Å². The minimum absolute atomic E-state index is 0.0109. The summed E-state index contributed by atoms with van der Waals surface area (Å²) in [6, 6.07) is 5.41. The van der Waals surface area contributed by atoms with Gasteiger partial charge >= 0.3 is 0 Å².